The van der Waals surface area contributed by atoms with Crippen molar-refractivity contribution in [3.63, 3.8) is 0 Å². The van der Waals surface area contributed by atoms with E-state index in [9.17, 15) is 9.59 Å². The molecule has 9 nitrogen and oxygen atoms in total. The first-order chi connectivity index (χ1) is 14.6. The number of rotatable bonds is 8. The van der Waals surface area contributed by atoms with Crippen LogP contribution in [0, 0.1) is 0 Å². The third-order valence-electron chi connectivity index (χ3n) is 5.07. The minimum Gasteiger partial charge on any atom is -0.496 e. The van der Waals surface area contributed by atoms with E-state index >= 15 is 0 Å². The van der Waals surface area contributed by atoms with Crippen molar-refractivity contribution in [3.05, 3.63) is 40.6 Å². The number of hydrogen-bond acceptors (Lipinski definition) is 7. The number of esters is 1. The summed E-state index contributed by atoms with van der Waals surface area (Å²) in [5.74, 6) is 0.221. The molecule has 1 aromatic carbocycles. The highest BCUT2D eigenvalue weighted by molar-refractivity contribution is 5.95. The van der Waals surface area contributed by atoms with Crippen molar-refractivity contribution >= 4 is 12.0 Å². The van der Waals surface area contributed by atoms with Crippen LogP contribution in [0.4, 0.5) is 4.79 Å². The van der Waals surface area contributed by atoms with E-state index in [1.807, 2.05) is 18.2 Å². The molecule has 2 N–H and O–H groups in total. The number of nitrogens with zero attached hydrogens (tertiary/aromatic N) is 1. The molecule has 1 atom stereocenters. The molecule has 0 aliphatic carbocycles. The van der Waals surface area contributed by atoms with Crippen LogP contribution in [0.2, 0.25) is 0 Å². The Bertz CT molecular complexity index is 804. The van der Waals surface area contributed by atoms with Crippen LogP contribution in [0.3, 0.4) is 0 Å². The van der Waals surface area contributed by atoms with Gasteiger partial charge in [-0.15, -0.1) is 0 Å². The molecule has 1 fully saturated rings. The topological polar surface area (TPSA) is 98.4 Å². The highest BCUT2D eigenvalue weighted by Gasteiger charge is 2.34. The van der Waals surface area contributed by atoms with E-state index in [0.29, 0.717) is 43.4 Å². The molecule has 0 bridgehead atoms. The summed E-state index contributed by atoms with van der Waals surface area (Å²) in [6.45, 7) is 5.48. The molecular formula is C21H29N3O6. The van der Waals surface area contributed by atoms with Crippen LogP contribution in [-0.4, -0.2) is 70.6 Å². The number of hydrogen-bond donors (Lipinski definition) is 2. The van der Waals surface area contributed by atoms with Crippen molar-refractivity contribution in [2.75, 3.05) is 53.7 Å². The summed E-state index contributed by atoms with van der Waals surface area (Å²) < 4.78 is 21.4. The second-order valence-corrected chi connectivity index (χ2v) is 7.04. The standard InChI is InChI=1S/C21H29N3O6/c1-4-30-20(25)18-16(12-24-7-9-29-10-8-24)22-21(26)23-19(18)14-5-6-17(28-3)15(11-14)13-27-2/h5-6,11,19H,4,7-10,12-13H2,1-3H3,(H2,22,23,26). The predicted octanol–water partition coefficient (Wildman–Crippen LogP) is 1.34. The van der Waals surface area contributed by atoms with Crippen molar-refractivity contribution in [2.45, 2.75) is 19.6 Å². The average Bonchev–Trinajstić information content (AvgIpc) is 2.74. The Morgan fingerprint density at radius 2 is 2.03 bits per heavy atom. The number of methoxy groups -OCH3 is 2. The smallest absolute Gasteiger partial charge is 0.338 e. The molecule has 1 saturated heterocycles. The Morgan fingerprint density at radius 3 is 2.70 bits per heavy atom. The van der Waals surface area contributed by atoms with E-state index in [-0.39, 0.29) is 12.6 Å². The molecule has 1 unspecified atom stereocenters. The maximum absolute atomic E-state index is 12.9. The fourth-order valence-electron chi connectivity index (χ4n) is 3.67. The maximum atomic E-state index is 12.9. The van der Waals surface area contributed by atoms with Gasteiger partial charge < -0.3 is 29.6 Å². The largest absolute Gasteiger partial charge is 0.496 e. The molecule has 2 heterocycles. The lowest BCUT2D eigenvalue weighted by atomic mass is 9.93. The number of ether oxygens (including phenoxy) is 4. The SMILES string of the molecule is CCOC(=O)C1=C(CN2CCOCC2)NC(=O)NC1c1ccc(OC)c(COC)c1. The summed E-state index contributed by atoms with van der Waals surface area (Å²) in [7, 11) is 3.19. The van der Waals surface area contributed by atoms with Crippen molar-refractivity contribution in [1.82, 2.24) is 15.5 Å². The van der Waals surface area contributed by atoms with Gasteiger partial charge in [-0.25, -0.2) is 9.59 Å². The number of amides is 2. The molecule has 0 spiro atoms. The Hall–Kier alpha value is -2.62. The molecule has 30 heavy (non-hydrogen) atoms. The third kappa shape index (κ3) is 5.10. The van der Waals surface area contributed by atoms with Crippen LogP contribution >= 0.6 is 0 Å². The molecule has 3 rings (SSSR count). The number of carbonyl (C=O) groups is 2. The molecule has 2 aliphatic rings. The predicted molar refractivity (Wildman–Crippen MR) is 109 cm³/mol. The zero-order chi connectivity index (χ0) is 21.5. The van der Waals surface area contributed by atoms with Crippen LogP contribution < -0.4 is 15.4 Å². The van der Waals surface area contributed by atoms with Gasteiger partial charge in [0.25, 0.3) is 0 Å². The summed E-state index contributed by atoms with van der Waals surface area (Å²) >= 11 is 0. The number of benzene rings is 1. The highest BCUT2D eigenvalue weighted by atomic mass is 16.5. The summed E-state index contributed by atoms with van der Waals surface area (Å²) in [5, 5.41) is 5.67. The first-order valence-corrected chi connectivity index (χ1v) is 10.0. The molecule has 0 saturated carbocycles. The molecule has 2 aliphatic heterocycles. The number of morpholine rings is 1. The highest BCUT2D eigenvalue weighted by Crippen LogP contribution is 2.31. The van der Waals surface area contributed by atoms with Gasteiger partial charge in [-0.1, -0.05) is 6.07 Å². The Kier molecular flexibility index (Phi) is 7.67. The second-order valence-electron chi connectivity index (χ2n) is 7.04. The monoisotopic (exact) mass is 419 g/mol. The zero-order valence-corrected chi connectivity index (χ0v) is 17.7. The average molecular weight is 419 g/mol. The first-order valence-electron chi connectivity index (χ1n) is 10.0. The summed E-state index contributed by atoms with van der Waals surface area (Å²) in [6.07, 6.45) is 0. The van der Waals surface area contributed by atoms with Gasteiger partial charge in [-0.3, -0.25) is 4.90 Å². The Labute approximate surface area is 176 Å². The maximum Gasteiger partial charge on any atom is 0.338 e. The minimum atomic E-state index is -0.643. The van der Waals surface area contributed by atoms with Gasteiger partial charge in [0.2, 0.25) is 0 Å². The van der Waals surface area contributed by atoms with Crippen LogP contribution in [0.5, 0.6) is 5.75 Å². The third-order valence-corrected chi connectivity index (χ3v) is 5.07. The van der Waals surface area contributed by atoms with Crippen molar-refractivity contribution in [3.8, 4) is 5.75 Å². The fraction of sp³-hybridized carbons (Fsp3) is 0.524. The summed E-state index contributed by atoms with van der Waals surface area (Å²) in [6, 6.07) is 4.52. The lowest BCUT2D eigenvalue weighted by molar-refractivity contribution is -0.139. The van der Waals surface area contributed by atoms with E-state index < -0.39 is 12.0 Å². The Balaban J connectivity index is 2.01. The van der Waals surface area contributed by atoms with Gasteiger partial charge in [-0.2, -0.15) is 0 Å². The summed E-state index contributed by atoms with van der Waals surface area (Å²) in [4.78, 5) is 27.5. The van der Waals surface area contributed by atoms with Gasteiger partial charge in [0.15, 0.2) is 0 Å². The minimum absolute atomic E-state index is 0.241. The van der Waals surface area contributed by atoms with Gasteiger partial charge in [0.1, 0.15) is 5.75 Å². The van der Waals surface area contributed by atoms with Crippen LogP contribution in [-0.2, 0) is 25.6 Å². The van der Waals surface area contributed by atoms with Gasteiger partial charge >= 0.3 is 12.0 Å². The number of urea groups is 1. The second kappa shape index (κ2) is 10.4. The van der Waals surface area contributed by atoms with E-state index in [0.717, 1.165) is 24.2 Å². The van der Waals surface area contributed by atoms with Gasteiger partial charge in [-0.05, 0) is 24.6 Å². The summed E-state index contributed by atoms with van der Waals surface area (Å²) in [5.41, 5.74) is 2.52. The number of nitrogens with one attached hydrogen (secondary N) is 2. The van der Waals surface area contributed by atoms with E-state index in [4.69, 9.17) is 18.9 Å². The van der Waals surface area contributed by atoms with Crippen molar-refractivity contribution in [2.24, 2.45) is 0 Å². The van der Waals surface area contributed by atoms with E-state index in [2.05, 4.69) is 15.5 Å². The molecule has 0 aromatic heterocycles. The number of carbonyl (C=O) groups excluding carboxylic acids is 2. The molecule has 1 aromatic rings. The van der Waals surface area contributed by atoms with E-state index in [1.54, 1.807) is 21.1 Å². The lowest BCUT2D eigenvalue weighted by Crippen LogP contribution is -2.49. The Morgan fingerprint density at radius 1 is 1.27 bits per heavy atom. The molecule has 9 heteroatoms. The molecule has 2 amide bonds. The molecule has 164 valence electrons. The molecular weight excluding hydrogens is 390 g/mol. The lowest BCUT2D eigenvalue weighted by Gasteiger charge is -2.33. The quantitative estimate of drug-likeness (QED) is 0.614. The zero-order valence-electron chi connectivity index (χ0n) is 17.7. The van der Waals surface area contributed by atoms with Gasteiger partial charge in [0.05, 0.1) is 45.2 Å². The van der Waals surface area contributed by atoms with Crippen molar-refractivity contribution < 1.29 is 28.5 Å². The van der Waals surface area contributed by atoms with Crippen molar-refractivity contribution in [1.29, 1.82) is 0 Å². The van der Waals surface area contributed by atoms with E-state index in [1.165, 1.54) is 0 Å². The van der Waals surface area contributed by atoms with Crippen LogP contribution in [0.15, 0.2) is 29.5 Å². The van der Waals surface area contributed by atoms with Gasteiger partial charge in [0, 0.05) is 38.0 Å². The first kappa shape index (κ1) is 22.1. The molecule has 0 radical (unpaired) electrons. The normalized spacial score (nSPS) is 19.8. The van der Waals surface area contributed by atoms with Crippen LogP contribution in [0.1, 0.15) is 24.1 Å². The van der Waals surface area contributed by atoms with Crippen LogP contribution in [0.25, 0.3) is 0 Å². The fourth-order valence-corrected chi connectivity index (χ4v) is 3.67.